The number of imidazole rings is 1. The first kappa shape index (κ1) is 18.9. The molecule has 0 bridgehead atoms. The van der Waals surface area contributed by atoms with Crippen LogP contribution in [0, 0.1) is 6.92 Å². The SMILES string of the molecule is Cc1nn(C(C)C)cc1-c1nc2nccc(NC3CCCCc4ccccc43)c2[nH]1. The second-order valence-corrected chi connectivity index (χ2v) is 8.49. The number of aryl methyl sites for hydroxylation is 2. The lowest BCUT2D eigenvalue weighted by molar-refractivity contribution is 0.529. The smallest absolute Gasteiger partial charge is 0.180 e. The van der Waals surface area contributed by atoms with E-state index >= 15 is 0 Å². The molecule has 1 aliphatic carbocycles. The maximum Gasteiger partial charge on any atom is 0.180 e. The van der Waals surface area contributed by atoms with Crippen molar-refractivity contribution < 1.29 is 0 Å². The number of hydrogen-bond acceptors (Lipinski definition) is 4. The van der Waals surface area contributed by atoms with Crippen LogP contribution in [0.1, 0.15) is 62.0 Å². The minimum Gasteiger partial charge on any atom is -0.376 e. The largest absolute Gasteiger partial charge is 0.376 e. The number of pyridine rings is 1. The Kier molecular flexibility index (Phi) is 4.77. The summed E-state index contributed by atoms with van der Waals surface area (Å²) >= 11 is 0. The number of hydrogen-bond donors (Lipinski definition) is 2. The Morgan fingerprint density at radius 3 is 2.87 bits per heavy atom. The van der Waals surface area contributed by atoms with Crippen molar-refractivity contribution in [3.8, 4) is 11.4 Å². The van der Waals surface area contributed by atoms with E-state index in [9.17, 15) is 0 Å². The van der Waals surface area contributed by atoms with Crippen molar-refractivity contribution >= 4 is 16.9 Å². The summed E-state index contributed by atoms with van der Waals surface area (Å²) in [6, 6.07) is 11.5. The van der Waals surface area contributed by atoms with Crippen molar-refractivity contribution in [1.29, 1.82) is 0 Å². The molecule has 3 aromatic heterocycles. The quantitative estimate of drug-likeness (QED) is 0.438. The molecule has 0 amide bonds. The van der Waals surface area contributed by atoms with Gasteiger partial charge in [-0.25, -0.2) is 9.97 Å². The topological polar surface area (TPSA) is 71.4 Å². The van der Waals surface area contributed by atoms with Gasteiger partial charge in [0, 0.05) is 18.4 Å². The number of fused-ring (bicyclic) bond motifs is 2. The molecule has 1 unspecified atom stereocenters. The van der Waals surface area contributed by atoms with Crippen molar-refractivity contribution in [3.63, 3.8) is 0 Å². The third kappa shape index (κ3) is 3.36. The monoisotopic (exact) mass is 400 g/mol. The molecule has 154 valence electrons. The Morgan fingerprint density at radius 1 is 1.17 bits per heavy atom. The van der Waals surface area contributed by atoms with Gasteiger partial charge in [0.25, 0.3) is 0 Å². The summed E-state index contributed by atoms with van der Waals surface area (Å²) in [7, 11) is 0. The molecule has 0 radical (unpaired) electrons. The van der Waals surface area contributed by atoms with Gasteiger partial charge in [0.05, 0.1) is 23.0 Å². The van der Waals surface area contributed by atoms with Crippen molar-refractivity contribution in [1.82, 2.24) is 24.7 Å². The summed E-state index contributed by atoms with van der Waals surface area (Å²) in [6.45, 7) is 6.28. The van der Waals surface area contributed by atoms with Crippen LogP contribution < -0.4 is 5.32 Å². The lowest BCUT2D eigenvalue weighted by Gasteiger charge is -2.20. The highest BCUT2D eigenvalue weighted by molar-refractivity contribution is 5.88. The highest BCUT2D eigenvalue weighted by atomic mass is 15.3. The zero-order valence-corrected chi connectivity index (χ0v) is 17.8. The Balaban J connectivity index is 1.52. The minimum absolute atomic E-state index is 0.298. The molecule has 3 heterocycles. The van der Waals surface area contributed by atoms with Crippen LogP contribution in [-0.4, -0.2) is 24.7 Å². The van der Waals surface area contributed by atoms with E-state index in [0.29, 0.717) is 12.1 Å². The highest BCUT2D eigenvalue weighted by Gasteiger charge is 2.20. The number of benzene rings is 1. The van der Waals surface area contributed by atoms with E-state index in [0.717, 1.165) is 46.8 Å². The summed E-state index contributed by atoms with van der Waals surface area (Å²) in [4.78, 5) is 12.8. The molecule has 0 saturated carbocycles. The van der Waals surface area contributed by atoms with E-state index in [2.05, 4.69) is 64.7 Å². The maximum absolute atomic E-state index is 4.77. The molecule has 2 N–H and O–H groups in total. The van der Waals surface area contributed by atoms with Gasteiger partial charge in [-0.3, -0.25) is 4.68 Å². The zero-order valence-electron chi connectivity index (χ0n) is 17.8. The van der Waals surface area contributed by atoms with Crippen LogP contribution in [0.25, 0.3) is 22.6 Å². The molecule has 1 aromatic carbocycles. The summed E-state index contributed by atoms with van der Waals surface area (Å²) in [6.07, 6.45) is 8.65. The van der Waals surface area contributed by atoms with E-state index in [-0.39, 0.29) is 0 Å². The predicted molar refractivity (Wildman–Crippen MR) is 121 cm³/mol. The van der Waals surface area contributed by atoms with Crippen LogP contribution in [-0.2, 0) is 6.42 Å². The third-order valence-corrected chi connectivity index (χ3v) is 6.04. The van der Waals surface area contributed by atoms with Gasteiger partial charge >= 0.3 is 0 Å². The van der Waals surface area contributed by atoms with Gasteiger partial charge in [-0.15, -0.1) is 0 Å². The van der Waals surface area contributed by atoms with Crippen LogP contribution in [0.5, 0.6) is 0 Å². The molecular weight excluding hydrogens is 372 g/mol. The number of aromatic nitrogens is 5. The molecular formula is C24H28N6. The molecule has 30 heavy (non-hydrogen) atoms. The molecule has 4 aromatic rings. The normalized spacial score (nSPS) is 16.6. The average Bonchev–Trinajstić information content (AvgIpc) is 3.28. The number of anilines is 1. The molecule has 1 aliphatic rings. The minimum atomic E-state index is 0.298. The fourth-order valence-electron chi connectivity index (χ4n) is 4.40. The lowest BCUT2D eigenvalue weighted by atomic mass is 9.99. The molecule has 0 aliphatic heterocycles. The van der Waals surface area contributed by atoms with Crippen LogP contribution in [0.2, 0.25) is 0 Å². The Hall–Kier alpha value is -3.15. The first-order valence-electron chi connectivity index (χ1n) is 10.9. The molecule has 0 saturated heterocycles. The number of nitrogens with zero attached hydrogens (tertiary/aromatic N) is 4. The summed E-state index contributed by atoms with van der Waals surface area (Å²) in [5, 5.41) is 8.42. The standard InChI is InChI=1S/C24H28N6/c1-15(2)30-14-19(16(3)29-30)23-27-22-21(12-13-25-24(22)28-23)26-20-11-7-5-9-17-8-4-6-10-18(17)20/h4,6,8,10,12-15,20H,5,7,9,11H2,1-3H3,(H2,25,26,27,28). The number of aromatic amines is 1. The fraction of sp³-hybridized carbons (Fsp3) is 0.375. The van der Waals surface area contributed by atoms with Crippen LogP contribution in [0.4, 0.5) is 5.69 Å². The molecule has 0 spiro atoms. The molecule has 0 fully saturated rings. The van der Waals surface area contributed by atoms with E-state index in [1.165, 1.54) is 24.0 Å². The van der Waals surface area contributed by atoms with Crippen molar-refractivity contribution in [2.45, 2.75) is 58.5 Å². The van der Waals surface area contributed by atoms with Crippen LogP contribution >= 0.6 is 0 Å². The van der Waals surface area contributed by atoms with Gasteiger partial charge in [-0.05, 0) is 57.2 Å². The molecule has 5 rings (SSSR count). The fourth-order valence-corrected chi connectivity index (χ4v) is 4.40. The summed E-state index contributed by atoms with van der Waals surface area (Å²) in [5.41, 5.74) is 7.59. The van der Waals surface area contributed by atoms with Crippen molar-refractivity contribution in [3.05, 3.63) is 59.5 Å². The average molecular weight is 401 g/mol. The van der Waals surface area contributed by atoms with E-state index in [1.807, 2.05) is 23.9 Å². The molecule has 1 atom stereocenters. The van der Waals surface area contributed by atoms with Gasteiger partial charge in [0.2, 0.25) is 0 Å². The lowest BCUT2D eigenvalue weighted by Crippen LogP contribution is -2.11. The Morgan fingerprint density at radius 2 is 2.03 bits per heavy atom. The molecule has 6 nitrogen and oxygen atoms in total. The van der Waals surface area contributed by atoms with Crippen molar-refractivity contribution in [2.24, 2.45) is 0 Å². The second kappa shape index (κ2) is 7.59. The van der Waals surface area contributed by atoms with Gasteiger partial charge in [-0.1, -0.05) is 30.7 Å². The number of nitrogens with one attached hydrogen (secondary N) is 2. The number of rotatable bonds is 4. The van der Waals surface area contributed by atoms with E-state index in [1.54, 1.807) is 0 Å². The van der Waals surface area contributed by atoms with Crippen LogP contribution in [0.15, 0.2) is 42.7 Å². The Labute approximate surface area is 176 Å². The Bertz CT molecular complexity index is 1190. The van der Waals surface area contributed by atoms with Gasteiger partial charge in [-0.2, -0.15) is 5.10 Å². The molecule has 6 heteroatoms. The number of H-pyrrole nitrogens is 1. The predicted octanol–water partition coefficient (Wildman–Crippen LogP) is 5.59. The van der Waals surface area contributed by atoms with E-state index in [4.69, 9.17) is 4.98 Å². The van der Waals surface area contributed by atoms with Gasteiger partial charge in [0.15, 0.2) is 5.65 Å². The summed E-state index contributed by atoms with van der Waals surface area (Å²) < 4.78 is 1.98. The zero-order chi connectivity index (χ0) is 20.7. The van der Waals surface area contributed by atoms with Gasteiger partial charge < -0.3 is 10.3 Å². The first-order valence-corrected chi connectivity index (χ1v) is 10.9. The van der Waals surface area contributed by atoms with Crippen LogP contribution in [0.3, 0.4) is 0 Å². The third-order valence-electron chi connectivity index (χ3n) is 6.04. The maximum atomic E-state index is 4.77. The second-order valence-electron chi connectivity index (χ2n) is 8.49. The summed E-state index contributed by atoms with van der Waals surface area (Å²) in [5.74, 6) is 0.817. The highest BCUT2D eigenvalue weighted by Crippen LogP contribution is 2.34. The first-order chi connectivity index (χ1) is 14.6. The van der Waals surface area contributed by atoms with Crippen molar-refractivity contribution in [2.75, 3.05) is 5.32 Å². The van der Waals surface area contributed by atoms with E-state index < -0.39 is 0 Å². The van der Waals surface area contributed by atoms with Gasteiger partial charge in [0.1, 0.15) is 11.3 Å².